The van der Waals surface area contributed by atoms with Crippen molar-refractivity contribution in [1.82, 2.24) is 10.0 Å². The van der Waals surface area contributed by atoms with E-state index in [-0.39, 0.29) is 17.3 Å². The summed E-state index contributed by atoms with van der Waals surface area (Å²) in [6, 6.07) is 6.43. The smallest absolute Gasteiger partial charge is 0.241 e. The van der Waals surface area contributed by atoms with Crippen LogP contribution in [-0.2, 0) is 14.8 Å². The third-order valence-electron chi connectivity index (χ3n) is 2.54. The second-order valence-electron chi connectivity index (χ2n) is 4.23. The largest absolute Gasteiger partial charge is 0.385 e. The molecule has 7 heteroatoms. The van der Waals surface area contributed by atoms with Gasteiger partial charge in [-0.2, -0.15) is 0 Å². The van der Waals surface area contributed by atoms with E-state index in [4.69, 9.17) is 0 Å². The second-order valence-corrected chi connectivity index (χ2v) is 6.00. The first-order valence-electron chi connectivity index (χ1n) is 6.60. The molecule has 0 atom stereocenters. The summed E-state index contributed by atoms with van der Waals surface area (Å²) in [4.78, 5) is 11.4. The van der Waals surface area contributed by atoms with Crippen LogP contribution in [0.3, 0.4) is 0 Å². The molecular formula is C13H21N3O3S. The van der Waals surface area contributed by atoms with Crippen molar-refractivity contribution in [1.29, 1.82) is 0 Å². The Kier molecular flexibility index (Phi) is 6.47. The van der Waals surface area contributed by atoms with Crippen molar-refractivity contribution >= 4 is 21.6 Å². The van der Waals surface area contributed by atoms with Crippen LogP contribution in [0.1, 0.15) is 20.3 Å². The zero-order chi connectivity index (χ0) is 15.0. The molecule has 6 nitrogen and oxygen atoms in total. The lowest BCUT2D eigenvalue weighted by atomic mass is 10.3. The summed E-state index contributed by atoms with van der Waals surface area (Å²) in [5.41, 5.74) is 0.870. The van der Waals surface area contributed by atoms with Gasteiger partial charge < -0.3 is 10.6 Å². The molecule has 0 fully saturated rings. The fraction of sp³-hybridized carbons (Fsp3) is 0.462. The van der Waals surface area contributed by atoms with Crippen molar-refractivity contribution in [3.05, 3.63) is 24.3 Å². The molecule has 0 aromatic heterocycles. The average Bonchev–Trinajstić information content (AvgIpc) is 2.44. The Hall–Kier alpha value is -1.60. The minimum Gasteiger partial charge on any atom is -0.385 e. The number of benzene rings is 1. The molecule has 0 aliphatic carbocycles. The number of amides is 1. The summed E-state index contributed by atoms with van der Waals surface area (Å²) < 4.78 is 26.2. The number of hydrogen-bond donors (Lipinski definition) is 3. The maximum atomic E-state index is 12.0. The van der Waals surface area contributed by atoms with Gasteiger partial charge in [-0.15, -0.1) is 0 Å². The number of rotatable bonds is 8. The van der Waals surface area contributed by atoms with E-state index in [1.54, 1.807) is 19.1 Å². The van der Waals surface area contributed by atoms with Gasteiger partial charge in [0.2, 0.25) is 15.9 Å². The molecule has 1 aromatic carbocycles. The van der Waals surface area contributed by atoms with Crippen LogP contribution in [0.5, 0.6) is 0 Å². The first-order chi connectivity index (χ1) is 9.49. The van der Waals surface area contributed by atoms with Gasteiger partial charge in [0.05, 0.1) is 11.4 Å². The van der Waals surface area contributed by atoms with E-state index < -0.39 is 10.0 Å². The summed E-state index contributed by atoms with van der Waals surface area (Å²) in [5, 5.41) is 5.69. The van der Waals surface area contributed by atoms with Gasteiger partial charge in [0.25, 0.3) is 0 Å². The third kappa shape index (κ3) is 5.18. The highest BCUT2D eigenvalue weighted by Crippen LogP contribution is 2.13. The maximum absolute atomic E-state index is 12.0. The fourth-order valence-electron chi connectivity index (χ4n) is 1.52. The van der Waals surface area contributed by atoms with Gasteiger partial charge in [-0.25, -0.2) is 13.1 Å². The molecule has 0 spiro atoms. The summed E-state index contributed by atoms with van der Waals surface area (Å²) in [6.07, 6.45) is 0.994. The SMILES string of the molecule is CCCNc1ccc(S(=O)(=O)NCC(=O)NCC)cc1. The number of likely N-dealkylation sites (N-methyl/N-ethyl adjacent to an activating group) is 1. The van der Waals surface area contributed by atoms with Crippen LogP contribution in [0.15, 0.2) is 29.2 Å². The molecule has 0 radical (unpaired) electrons. The van der Waals surface area contributed by atoms with Crippen LogP contribution in [-0.4, -0.2) is 34.0 Å². The zero-order valence-corrected chi connectivity index (χ0v) is 12.6. The van der Waals surface area contributed by atoms with E-state index >= 15 is 0 Å². The highest BCUT2D eigenvalue weighted by atomic mass is 32.2. The van der Waals surface area contributed by atoms with E-state index in [1.807, 2.05) is 0 Å². The number of carbonyl (C=O) groups is 1. The van der Waals surface area contributed by atoms with Crippen LogP contribution in [0.4, 0.5) is 5.69 Å². The number of hydrogen-bond acceptors (Lipinski definition) is 4. The van der Waals surface area contributed by atoms with Crippen molar-refractivity contribution < 1.29 is 13.2 Å². The lowest BCUT2D eigenvalue weighted by Gasteiger charge is -2.08. The van der Waals surface area contributed by atoms with Gasteiger partial charge in [0.15, 0.2) is 0 Å². The lowest BCUT2D eigenvalue weighted by molar-refractivity contribution is -0.119. The standard InChI is InChI=1S/C13H21N3O3S/c1-3-9-15-11-5-7-12(8-6-11)20(18,19)16-10-13(17)14-4-2/h5-8,15-16H,3-4,9-10H2,1-2H3,(H,14,17). The third-order valence-corrected chi connectivity index (χ3v) is 3.96. The highest BCUT2D eigenvalue weighted by Gasteiger charge is 2.14. The zero-order valence-electron chi connectivity index (χ0n) is 11.8. The van der Waals surface area contributed by atoms with E-state index in [9.17, 15) is 13.2 Å². The van der Waals surface area contributed by atoms with Crippen molar-refractivity contribution in [2.75, 3.05) is 25.0 Å². The normalized spacial score (nSPS) is 11.1. The van der Waals surface area contributed by atoms with Crippen molar-refractivity contribution in [3.8, 4) is 0 Å². The molecule has 0 bridgehead atoms. The van der Waals surface area contributed by atoms with Crippen molar-refractivity contribution in [2.45, 2.75) is 25.2 Å². The Balaban J connectivity index is 2.65. The summed E-state index contributed by atoms with van der Waals surface area (Å²) >= 11 is 0. The minimum absolute atomic E-state index is 0.142. The quantitative estimate of drug-likeness (QED) is 0.666. The Morgan fingerprint density at radius 3 is 2.35 bits per heavy atom. The number of sulfonamides is 1. The molecule has 0 aliphatic rings. The molecule has 1 amide bonds. The fourth-order valence-corrected chi connectivity index (χ4v) is 2.51. The van der Waals surface area contributed by atoms with Gasteiger partial charge >= 0.3 is 0 Å². The van der Waals surface area contributed by atoms with E-state index in [0.717, 1.165) is 18.7 Å². The summed E-state index contributed by atoms with van der Waals surface area (Å²) in [7, 11) is -3.65. The Bertz CT molecular complexity index is 526. The minimum atomic E-state index is -3.65. The van der Waals surface area contributed by atoms with Crippen LogP contribution < -0.4 is 15.4 Å². The van der Waals surface area contributed by atoms with E-state index in [2.05, 4.69) is 22.3 Å². The van der Waals surface area contributed by atoms with Crippen LogP contribution in [0.25, 0.3) is 0 Å². The Morgan fingerprint density at radius 1 is 1.15 bits per heavy atom. The van der Waals surface area contributed by atoms with E-state index in [0.29, 0.717) is 6.54 Å². The molecule has 0 saturated carbocycles. The Labute approximate surface area is 120 Å². The molecule has 0 unspecified atom stereocenters. The van der Waals surface area contributed by atoms with Crippen LogP contribution in [0.2, 0.25) is 0 Å². The molecule has 20 heavy (non-hydrogen) atoms. The second kappa shape index (κ2) is 7.86. The van der Waals surface area contributed by atoms with Gasteiger partial charge in [0.1, 0.15) is 0 Å². The topological polar surface area (TPSA) is 87.3 Å². The molecule has 0 aliphatic heterocycles. The van der Waals surface area contributed by atoms with Gasteiger partial charge in [-0.05, 0) is 37.6 Å². The summed E-state index contributed by atoms with van der Waals surface area (Å²) in [5.74, 6) is -0.350. The average molecular weight is 299 g/mol. The van der Waals surface area contributed by atoms with Crippen molar-refractivity contribution in [3.63, 3.8) is 0 Å². The summed E-state index contributed by atoms with van der Waals surface area (Å²) in [6.45, 7) is 4.87. The van der Waals surface area contributed by atoms with Crippen LogP contribution in [0, 0.1) is 0 Å². The maximum Gasteiger partial charge on any atom is 0.241 e. The number of carbonyl (C=O) groups excluding carboxylic acids is 1. The Morgan fingerprint density at radius 2 is 1.80 bits per heavy atom. The van der Waals surface area contributed by atoms with Gasteiger partial charge in [0, 0.05) is 18.8 Å². The molecule has 1 rings (SSSR count). The predicted molar refractivity (Wildman–Crippen MR) is 79.1 cm³/mol. The first kappa shape index (κ1) is 16.5. The molecule has 3 N–H and O–H groups in total. The van der Waals surface area contributed by atoms with Gasteiger partial charge in [-0.3, -0.25) is 4.79 Å². The molecule has 0 heterocycles. The molecule has 0 saturated heterocycles. The molecular weight excluding hydrogens is 278 g/mol. The van der Waals surface area contributed by atoms with Crippen molar-refractivity contribution in [2.24, 2.45) is 0 Å². The number of nitrogens with one attached hydrogen (secondary N) is 3. The van der Waals surface area contributed by atoms with E-state index in [1.165, 1.54) is 12.1 Å². The molecule has 1 aromatic rings. The van der Waals surface area contributed by atoms with Crippen LogP contribution >= 0.6 is 0 Å². The molecule has 112 valence electrons. The first-order valence-corrected chi connectivity index (χ1v) is 8.08. The predicted octanol–water partition coefficient (Wildman–Crippen LogP) is 0.923. The highest BCUT2D eigenvalue weighted by molar-refractivity contribution is 7.89. The monoisotopic (exact) mass is 299 g/mol. The number of anilines is 1. The van der Waals surface area contributed by atoms with Gasteiger partial charge in [-0.1, -0.05) is 6.92 Å². The lowest BCUT2D eigenvalue weighted by Crippen LogP contribution is -2.36.